The van der Waals surface area contributed by atoms with Gasteiger partial charge in [0.2, 0.25) is 15.0 Å². The quantitative estimate of drug-likeness (QED) is 0.431. The fraction of sp³-hybridized carbons (Fsp3) is 0.667. The van der Waals surface area contributed by atoms with Gasteiger partial charge in [-0.05, 0) is 6.42 Å². The Kier molecular flexibility index (Phi) is 3.95. The zero-order valence-corrected chi connectivity index (χ0v) is 7.72. The topological polar surface area (TPSA) is 58.9 Å². The maximum atomic E-state index is 10.8. The average molecular weight is 176 g/mol. The van der Waals surface area contributed by atoms with Crippen LogP contribution in [0.25, 0.3) is 0 Å². The van der Waals surface area contributed by atoms with Crippen molar-refractivity contribution in [3.8, 4) is 0 Å². The maximum absolute atomic E-state index is 10.8. The van der Waals surface area contributed by atoms with Crippen molar-refractivity contribution in [1.82, 2.24) is 0 Å². The first-order valence-corrected chi connectivity index (χ1v) is 5.11. The third-order valence-electron chi connectivity index (χ3n) is 0.907. The Morgan fingerprint density at radius 1 is 1.55 bits per heavy atom. The highest BCUT2D eigenvalue weighted by Gasteiger charge is 2.08. The molecule has 0 aliphatic rings. The van der Waals surface area contributed by atoms with Crippen molar-refractivity contribution in [3.63, 3.8) is 0 Å². The predicted octanol–water partition coefficient (Wildman–Crippen LogP) is 0.498. The summed E-state index contributed by atoms with van der Waals surface area (Å²) >= 11 is 0. The fourth-order valence-electron chi connectivity index (χ4n) is 0.489. The SMILES string of the molecule is CC/C=N\C(=N/C)S(C)(=O)=O. The summed E-state index contributed by atoms with van der Waals surface area (Å²) in [7, 11) is -1.83. The number of aliphatic imine (C=N–C) groups is 2. The second-order valence-corrected chi connectivity index (χ2v) is 3.91. The Bertz CT molecular complexity index is 264. The molecule has 0 saturated heterocycles. The van der Waals surface area contributed by atoms with Gasteiger partial charge in [-0.3, -0.25) is 4.99 Å². The first-order valence-electron chi connectivity index (χ1n) is 3.21. The van der Waals surface area contributed by atoms with E-state index in [-0.39, 0.29) is 5.17 Å². The standard InChI is InChI=1S/C6H12N2O2S/c1-4-5-8-6(7-2)11(3,9)10/h5H,4H2,1-3H3/b7-6+,8-5-. The summed E-state index contributed by atoms with van der Waals surface area (Å²) in [6.07, 6.45) is 3.31. The largest absolute Gasteiger partial charge is 0.260 e. The van der Waals surface area contributed by atoms with Gasteiger partial charge < -0.3 is 0 Å². The molecule has 0 atom stereocenters. The molecule has 0 aromatic rings. The van der Waals surface area contributed by atoms with Crippen molar-refractivity contribution in [3.05, 3.63) is 0 Å². The lowest BCUT2D eigenvalue weighted by atomic mass is 10.5. The van der Waals surface area contributed by atoms with Crippen LogP contribution in [0.15, 0.2) is 9.98 Å². The van der Waals surface area contributed by atoms with E-state index in [1.165, 1.54) is 13.3 Å². The lowest BCUT2D eigenvalue weighted by molar-refractivity contribution is 0.612. The first-order chi connectivity index (χ1) is 5.02. The van der Waals surface area contributed by atoms with Crippen LogP contribution in [0, 0.1) is 0 Å². The van der Waals surface area contributed by atoms with Crippen molar-refractivity contribution in [2.75, 3.05) is 13.3 Å². The lowest BCUT2D eigenvalue weighted by Gasteiger charge is -1.93. The minimum atomic E-state index is -3.24. The monoisotopic (exact) mass is 176 g/mol. The summed E-state index contributed by atoms with van der Waals surface area (Å²) in [5.41, 5.74) is 0. The molecule has 0 aromatic heterocycles. The molecule has 0 spiro atoms. The molecule has 0 aliphatic carbocycles. The minimum absolute atomic E-state index is 0.112. The molecule has 0 aromatic carbocycles. The van der Waals surface area contributed by atoms with E-state index in [0.717, 1.165) is 6.26 Å². The van der Waals surface area contributed by atoms with Crippen molar-refractivity contribution in [2.24, 2.45) is 9.98 Å². The third kappa shape index (κ3) is 3.87. The van der Waals surface area contributed by atoms with Gasteiger partial charge in [-0.15, -0.1) is 0 Å². The summed E-state index contributed by atoms with van der Waals surface area (Å²) in [6.45, 7) is 1.87. The zero-order valence-electron chi connectivity index (χ0n) is 6.90. The van der Waals surface area contributed by atoms with Crippen LogP contribution in [0.1, 0.15) is 13.3 Å². The molecule has 0 radical (unpaired) electrons. The van der Waals surface area contributed by atoms with Crippen LogP contribution >= 0.6 is 0 Å². The van der Waals surface area contributed by atoms with Crippen LogP contribution in [0.2, 0.25) is 0 Å². The number of nitrogens with zero attached hydrogens (tertiary/aromatic N) is 2. The molecule has 5 heteroatoms. The molecule has 0 aliphatic heterocycles. The number of hydrogen-bond donors (Lipinski definition) is 0. The molecule has 0 amide bonds. The zero-order chi connectivity index (χ0) is 8.91. The highest BCUT2D eigenvalue weighted by atomic mass is 32.2. The van der Waals surface area contributed by atoms with Gasteiger partial charge in [0, 0.05) is 19.5 Å². The number of amidine groups is 1. The summed E-state index contributed by atoms with van der Waals surface area (Å²) < 4.78 is 21.6. The molecule has 11 heavy (non-hydrogen) atoms. The Labute approximate surface area is 67.0 Å². The predicted molar refractivity (Wildman–Crippen MR) is 47.0 cm³/mol. The normalized spacial score (nSPS) is 14.3. The summed E-state index contributed by atoms with van der Waals surface area (Å²) in [4.78, 5) is 7.20. The van der Waals surface area contributed by atoms with Gasteiger partial charge in [0.15, 0.2) is 0 Å². The van der Waals surface area contributed by atoms with Gasteiger partial charge in [0.25, 0.3) is 0 Å². The van der Waals surface area contributed by atoms with Crippen molar-refractivity contribution in [2.45, 2.75) is 13.3 Å². The molecular weight excluding hydrogens is 164 g/mol. The van der Waals surface area contributed by atoms with E-state index in [9.17, 15) is 8.42 Å². The number of hydrogen-bond acceptors (Lipinski definition) is 3. The molecule has 0 N–H and O–H groups in total. The Morgan fingerprint density at radius 3 is 2.36 bits per heavy atom. The molecule has 0 unspecified atom stereocenters. The molecule has 0 saturated carbocycles. The van der Waals surface area contributed by atoms with E-state index in [1.54, 1.807) is 0 Å². The molecular formula is C6H12N2O2S. The molecule has 0 bridgehead atoms. The number of rotatable bonds is 1. The molecule has 0 rings (SSSR count). The molecule has 0 heterocycles. The molecule has 0 fully saturated rings. The lowest BCUT2D eigenvalue weighted by Crippen LogP contribution is -2.09. The van der Waals surface area contributed by atoms with Crippen molar-refractivity contribution in [1.29, 1.82) is 0 Å². The highest BCUT2D eigenvalue weighted by Crippen LogP contribution is 1.90. The van der Waals surface area contributed by atoms with Crippen molar-refractivity contribution < 1.29 is 8.42 Å². The molecule has 4 nitrogen and oxygen atoms in total. The van der Waals surface area contributed by atoms with E-state index in [4.69, 9.17) is 0 Å². The van der Waals surface area contributed by atoms with Crippen LogP contribution in [0.3, 0.4) is 0 Å². The van der Waals surface area contributed by atoms with Gasteiger partial charge in [0.05, 0.1) is 0 Å². The van der Waals surface area contributed by atoms with Gasteiger partial charge in [-0.25, -0.2) is 13.4 Å². The smallest absolute Gasteiger partial charge is 0.241 e. The van der Waals surface area contributed by atoms with Crippen LogP contribution in [0.5, 0.6) is 0 Å². The van der Waals surface area contributed by atoms with E-state index in [1.807, 2.05) is 6.92 Å². The van der Waals surface area contributed by atoms with Crippen LogP contribution in [-0.2, 0) is 9.84 Å². The van der Waals surface area contributed by atoms with E-state index in [0.29, 0.717) is 6.42 Å². The molecule has 64 valence electrons. The maximum Gasteiger partial charge on any atom is 0.241 e. The third-order valence-corrected chi connectivity index (χ3v) is 1.86. The van der Waals surface area contributed by atoms with Gasteiger partial charge in [0.1, 0.15) is 0 Å². The van der Waals surface area contributed by atoms with Crippen LogP contribution in [-0.4, -0.2) is 33.1 Å². The van der Waals surface area contributed by atoms with Gasteiger partial charge >= 0.3 is 0 Å². The second-order valence-electron chi connectivity index (χ2n) is 2.00. The summed E-state index contributed by atoms with van der Waals surface area (Å²) in [6, 6.07) is 0. The Hall–Kier alpha value is -0.710. The summed E-state index contributed by atoms with van der Waals surface area (Å²) in [5.74, 6) is 0. The second kappa shape index (κ2) is 4.23. The average Bonchev–Trinajstić information content (AvgIpc) is 1.87. The van der Waals surface area contributed by atoms with E-state index in [2.05, 4.69) is 9.98 Å². The summed E-state index contributed by atoms with van der Waals surface area (Å²) in [5, 5.41) is -0.112. The first kappa shape index (κ1) is 10.3. The van der Waals surface area contributed by atoms with Crippen LogP contribution < -0.4 is 0 Å². The Morgan fingerprint density at radius 2 is 2.09 bits per heavy atom. The minimum Gasteiger partial charge on any atom is -0.260 e. The van der Waals surface area contributed by atoms with Gasteiger partial charge in [-0.2, -0.15) is 0 Å². The number of sulfone groups is 1. The van der Waals surface area contributed by atoms with Crippen LogP contribution in [0.4, 0.5) is 0 Å². The van der Waals surface area contributed by atoms with E-state index < -0.39 is 9.84 Å². The Balaban J connectivity index is 4.61. The fourth-order valence-corrected chi connectivity index (χ4v) is 1.09. The highest BCUT2D eigenvalue weighted by molar-refractivity contribution is 8.05. The van der Waals surface area contributed by atoms with E-state index >= 15 is 0 Å². The van der Waals surface area contributed by atoms with Crippen molar-refractivity contribution >= 4 is 21.2 Å². The van der Waals surface area contributed by atoms with Gasteiger partial charge in [-0.1, -0.05) is 6.92 Å².